The van der Waals surface area contributed by atoms with Gasteiger partial charge in [0.2, 0.25) is 5.91 Å². The molecule has 3 rings (SSSR count). The van der Waals surface area contributed by atoms with Crippen LogP contribution in [0.25, 0.3) is 11.0 Å². The van der Waals surface area contributed by atoms with E-state index in [0.29, 0.717) is 19.0 Å². The molecule has 0 bridgehead atoms. The number of hydrogen-bond donors (Lipinski definition) is 2. The Morgan fingerprint density at radius 1 is 1.46 bits per heavy atom. The zero-order chi connectivity index (χ0) is 18.5. The highest BCUT2D eigenvalue weighted by atomic mass is 32.2. The number of nitrogens with zero attached hydrogens (tertiary/aromatic N) is 2. The predicted octanol–water partition coefficient (Wildman–Crippen LogP) is 1.90. The smallest absolute Gasteiger partial charge is 0.326 e. The average Bonchev–Trinajstić information content (AvgIpc) is 2.98. The summed E-state index contributed by atoms with van der Waals surface area (Å²) in [5.74, 6) is -0.0554. The number of aromatic nitrogens is 2. The third kappa shape index (κ3) is 4.19. The van der Waals surface area contributed by atoms with Crippen molar-refractivity contribution in [3.05, 3.63) is 30.1 Å². The Bertz CT molecular complexity index is 786. The summed E-state index contributed by atoms with van der Waals surface area (Å²) in [6.07, 6.45) is 3.53. The van der Waals surface area contributed by atoms with E-state index in [2.05, 4.69) is 10.3 Å². The molecule has 2 aromatic rings. The number of amides is 1. The van der Waals surface area contributed by atoms with Crippen molar-refractivity contribution >= 4 is 34.7 Å². The maximum absolute atomic E-state index is 12.6. The highest BCUT2D eigenvalue weighted by molar-refractivity contribution is 7.97. The van der Waals surface area contributed by atoms with Gasteiger partial charge in [-0.3, -0.25) is 4.79 Å². The third-order valence-corrected chi connectivity index (χ3v) is 5.11. The number of carbonyl (C=O) groups excluding carboxylic acids is 1. The highest BCUT2D eigenvalue weighted by Gasteiger charge is 2.31. The molecule has 0 saturated carbocycles. The van der Waals surface area contributed by atoms with E-state index in [1.165, 1.54) is 0 Å². The molecule has 1 aromatic carbocycles. The van der Waals surface area contributed by atoms with E-state index in [4.69, 9.17) is 4.74 Å². The van der Waals surface area contributed by atoms with Gasteiger partial charge in [-0.05, 0) is 31.2 Å². The van der Waals surface area contributed by atoms with Crippen molar-refractivity contribution in [1.29, 1.82) is 0 Å². The van der Waals surface area contributed by atoms with Crippen LogP contribution in [0.1, 0.15) is 18.7 Å². The van der Waals surface area contributed by atoms with Crippen molar-refractivity contribution in [3.8, 4) is 0 Å². The van der Waals surface area contributed by atoms with Gasteiger partial charge >= 0.3 is 5.97 Å². The number of nitrogens with one attached hydrogen (secondary N) is 1. The summed E-state index contributed by atoms with van der Waals surface area (Å²) in [4.78, 5) is 28.8. The molecule has 8 heteroatoms. The Kier molecular flexibility index (Phi) is 6.16. The minimum Gasteiger partial charge on any atom is -0.480 e. The Hall–Kier alpha value is -2.06. The number of carboxylic acids is 1. The molecule has 0 aliphatic carbocycles. The van der Waals surface area contributed by atoms with Crippen LogP contribution in [0.4, 0.5) is 0 Å². The molecular formula is C18H23N3O4S. The molecule has 1 fully saturated rings. The van der Waals surface area contributed by atoms with E-state index in [0.717, 1.165) is 29.7 Å². The second kappa shape index (κ2) is 8.55. The number of hydrogen-bond acceptors (Lipinski definition) is 5. The van der Waals surface area contributed by atoms with Gasteiger partial charge in [-0.1, -0.05) is 12.1 Å². The number of ether oxygens (including phenoxy) is 1. The molecule has 0 spiro atoms. The predicted molar refractivity (Wildman–Crippen MR) is 100 cm³/mol. The van der Waals surface area contributed by atoms with Gasteiger partial charge in [-0.25, -0.2) is 9.78 Å². The molecule has 26 heavy (non-hydrogen) atoms. The molecule has 7 nitrogen and oxygen atoms in total. The normalized spacial score (nSPS) is 18.6. The Balaban J connectivity index is 1.77. The lowest BCUT2D eigenvalue weighted by molar-refractivity contribution is -0.145. The number of imidazole rings is 1. The molecule has 1 amide bonds. The van der Waals surface area contributed by atoms with Crippen molar-refractivity contribution in [2.45, 2.75) is 31.2 Å². The van der Waals surface area contributed by atoms with Crippen molar-refractivity contribution < 1.29 is 19.4 Å². The van der Waals surface area contributed by atoms with Crippen LogP contribution in [0.3, 0.4) is 0 Å². The second-order valence-corrected chi connectivity index (χ2v) is 7.26. The van der Waals surface area contributed by atoms with Gasteiger partial charge in [0, 0.05) is 12.5 Å². The zero-order valence-electron chi connectivity index (χ0n) is 14.7. The van der Waals surface area contributed by atoms with Crippen molar-refractivity contribution in [3.63, 3.8) is 0 Å². The number of carboxylic acid groups (broad SMARTS) is 1. The second-order valence-electron chi connectivity index (χ2n) is 6.40. The number of carbonyl (C=O) groups is 2. The van der Waals surface area contributed by atoms with E-state index < -0.39 is 12.0 Å². The van der Waals surface area contributed by atoms with E-state index in [-0.39, 0.29) is 18.4 Å². The third-order valence-electron chi connectivity index (χ3n) is 4.56. The first-order chi connectivity index (χ1) is 12.6. The number of fused-ring (bicyclic) bond motifs is 1. The van der Waals surface area contributed by atoms with Crippen molar-refractivity contribution in [2.24, 2.45) is 5.92 Å². The monoisotopic (exact) mass is 377 g/mol. The summed E-state index contributed by atoms with van der Waals surface area (Å²) in [5.41, 5.74) is 1.71. The summed E-state index contributed by atoms with van der Waals surface area (Å²) < 4.78 is 7.24. The molecule has 2 unspecified atom stereocenters. The van der Waals surface area contributed by atoms with Crippen LogP contribution in [-0.2, 0) is 26.6 Å². The quantitative estimate of drug-likeness (QED) is 0.765. The number of para-hydroxylation sites is 2. The fraction of sp³-hybridized carbons (Fsp3) is 0.500. The van der Waals surface area contributed by atoms with Gasteiger partial charge in [0.05, 0.1) is 23.4 Å². The molecule has 1 saturated heterocycles. The molecule has 0 radical (unpaired) electrons. The average molecular weight is 377 g/mol. The van der Waals surface area contributed by atoms with Gasteiger partial charge in [0.15, 0.2) is 0 Å². The lowest BCUT2D eigenvalue weighted by Crippen LogP contribution is -2.49. The number of rotatable bonds is 7. The molecule has 2 N–H and O–H groups in total. The first-order valence-corrected chi connectivity index (χ1v) is 10.0. The molecule has 140 valence electrons. The fourth-order valence-corrected chi connectivity index (χ4v) is 3.79. The zero-order valence-corrected chi connectivity index (χ0v) is 15.5. The van der Waals surface area contributed by atoms with Crippen LogP contribution in [-0.4, -0.2) is 52.0 Å². The molecule has 2 heterocycles. The van der Waals surface area contributed by atoms with Crippen LogP contribution in [0.15, 0.2) is 24.3 Å². The van der Waals surface area contributed by atoms with Gasteiger partial charge < -0.3 is 19.7 Å². The number of aliphatic carboxylic acids is 1. The largest absolute Gasteiger partial charge is 0.480 e. The van der Waals surface area contributed by atoms with Gasteiger partial charge in [0.1, 0.15) is 18.4 Å². The van der Waals surface area contributed by atoms with Crippen LogP contribution in [0, 0.1) is 5.92 Å². The first-order valence-electron chi connectivity index (χ1n) is 8.63. The van der Waals surface area contributed by atoms with E-state index in [1.807, 2.05) is 35.1 Å². The Morgan fingerprint density at radius 3 is 2.96 bits per heavy atom. The SMILES string of the molecule is CSCc1nc2ccccc2n1CC(=O)NC(C(=O)O)C1CCCOC1. The van der Waals surface area contributed by atoms with Crippen molar-refractivity contribution in [1.82, 2.24) is 14.9 Å². The van der Waals surface area contributed by atoms with E-state index in [9.17, 15) is 14.7 Å². The molecule has 1 aromatic heterocycles. The summed E-state index contributed by atoms with van der Waals surface area (Å²) >= 11 is 1.63. The van der Waals surface area contributed by atoms with Gasteiger partial charge in [0.25, 0.3) is 0 Å². The van der Waals surface area contributed by atoms with Crippen LogP contribution in [0.2, 0.25) is 0 Å². The lowest BCUT2D eigenvalue weighted by atomic mass is 9.93. The highest BCUT2D eigenvalue weighted by Crippen LogP contribution is 2.20. The van der Waals surface area contributed by atoms with Crippen LogP contribution < -0.4 is 5.32 Å². The minimum absolute atomic E-state index is 0.0494. The Morgan fingerprint density at radius 2 is 2.27 bits per heavy atom. The lowest BCUT2D eigenvalue weighted by Gasteiger charge is -2.28. The topological polar surface area (TPSA) is 93.5 Å². The summed E-state index contributed by atoms with van der Waals surface area (Å²) in [6.45, 7) is 1.06. The minimum atomic E-state index is -1.02. The summed E-state index contributed by atoms with van der Waals surface area (Å²) in [6, 6.07) is 6.71. The Labute approximate surface area is 156 Å². The number of thioether (sulfide) groups is 1. The van der Waals surface area contributed by atoms with E-state index >= 15 is 0 Å². The van der Waals surface area contributed by atoms with E-state index in [1.54, 1.807) is 11.8 Å². The molecule has 1 aliphatic heterocycles. The first kappa shape index (κ1) is 18.7. The van der Waals surface area contributed by atoms with Crippen molar-refractivity contribution in [2.75, 3.05) is 19.5 Å². The standard InChI is InChI=1S/C18H23N3O4S/c1-26-11-15-19-13-6-2-3-7-14(13)21(15)9-16(22)20-17(18(23)24)12-5-4-8-25-10-12/h2-3,6-7,12,17H,4-5,8-11H2,1H3,(H,20,22)(H,23,24). The fourth-order valence-electron chi connectivity index (χ4n) is 3.31. The maximum Gasteiger partial charge on any atom is 0.326 e. The molecule has 1 aliphatic rings. The maximum atomic E-state index is 12.6. The summed E-state index contributed by atoms with van der Waals surface area (Å²) in [7, 11) is 0. The van der Waals surface area contributed by atoms with Gasteiger partial charge in [-0.15, -0.1) is 0 Å². The number of benzene rings is 1. The molecule has 2 atom stereocenters. The molecular weight excluding hydrogens is 354 g/mol. The van der Waals surface area contributed by atoms with Gasteiger partial charge in [-0.2, -0.15) is 11.8 Å². The summed E-state index contributed by atoms with van der Waals surface area (Å²) in [5, 5.41) is 12.2. The van der Waals surface area contributed by atoms with Crippen LogP contribution in [0.5, 0.6) is 0 Å². The van der Waals surface area contributed by atoms with Crippen LogP contribution >= 0.6 is 11.8 Å².